The van der Waals surface area contributed by atoms with E-state index < -0.39 is 0 Å². The number of fused-ring (bicyclic) bond motifs is 1. The van der Waals surface area contributed by atoms with E-state index in [0.717, 1.165) is 22.9 Å². The number of carbonyl (C=O) groups is 2. The fraction of sp³-hybridized carbons (Fsp3) is 0.273. The molecule has 7 nitrogen and oxygen atoms in total. The van der Waals surface area contributed by atoms with Crippen molar-refractivity contribution < 1.29 is 14.0 Å². The van der Waals surface area contributed by atoms with Crippen molar-refractivity contribution in [1.82, 2.24) is 19.8 Å². The third-order valence-electron chi connectivity index (χ3n) is 4.94. The molecule has 3 aromatic rings. The van der Waals surface area contributed by atoms with Crippen LogP contribution in [0.2, 0.25) is 0 Å². The molecule has 148 valence electrons. The standard InChI is InChI=1S/C22H22N4O3/c1-25(2)22(28)19-12-17-11-15(6-7-18(17)29-19)16-5-3-10-26(14-16)21(27)13-20-23-8-4-9-24-20/h4-9,11-12H,3,10,13-14H2,1-2H3. The van der Waals surface area contributed by atoms with Gasteiger partial charge in [-0.15, -0.1) is 0 Å². The van der Waals surface area contributed by atoms with Crippen LogP contribution in [0.1, 0.15) is 28.4 Å². The van der Waals surface area contributed by atoms with Crippen LogP contribution in [0.5, 0.6) is 0 Å². The Kier molecular flexibility index (Phi) is 5.12. The van der Waals surface area contributed by atoms with Gasteiger partial charge in [-0.2, -0.15) is 0 Å². The Balaban J connectivity index is 1.52. The molecule has 0 saturated heterocycles. The molecule has 1 aliphatic rings. The first-order valence-corrected chi connectivity index (χ1v) is 9.49. The van der Waals surface area contributed by atoms with E-state index in [1.165, 1.54) is 4.90 Å². The molecule has 0 unspecified atom stereocenters. The van der Waals surface area contributed by atoms with Gasteiger partial charge in [-0.05, 0) is 41.8 Å². The number of carbonyl (C=O) groups excluding carboxylic acids is 2. The van der Waals surface area contributed by atoms with Crippen LogP contribution in [0.4, 0.5) is 0 Å². The second-order valence-electron chi connectivity index (χ2n) is 7.24. The summed E-state index contributed by atoms with van der Waals surface area (Å²) in [4.78, 5) is 36.4. The fourth-order valence-electron chi connectivity index (χ4n) is 3.40. The van der Waals surface area contributed by atoms with Gasteiger partial charge in [0, 0.05) is 45.0 Å². The zero-order valence-corrected chi connectivity index (χ0v) is 16.5. The molecule has 3 heterocycles. The predicted molar refractivity (Wildman–Crippen MR) is 109 cm³/mol. The first-order chi connectivity index (χ1) is 14.0. The van der Waals surface area contributed by atoms with E-state index in [-0.39, 0.29) is 18.2 Å². The second kappa shape index (κ2) is 7.87. The van der Waals surface area contributed by atoms with Gasteiger partial charge in [0.2, 0.25) is 5.91 Å². The van der Waals surface area contributed by atoms with Gasteiger partial charge in [0.05, 0.1) is 6.42 Å². The van der Waals surface area contributed by atoms with Crippen LogP contribution in [0.25, 0.3) is 16.5 Å². The number of benzene rings is 1. The van der Waals surface area contributed by atoms with Crippen LogP contribution in [0, 0.1) is 0 Å². The van der Waals surface area contributed by atoms with Gasteiger partial charge in [-0.25, -0.2) is 9.97 Å². The summed E-state index contributed by atoms with van der Waals surface area (Å²) in [5.74, 6) is 0.704. The number of hydrogen-bond acceptors (Lipinski definition) is 5. The van der Waals surface area contributed by atoms with Gasteiger partial charge in [0.25, 0.3) is 5.91 Å². The maximum atomic E-state index is 12.7. The normalized spacial score (nSPS) is 14.0. The number of aromatic nitrogens is 2. The van der Waals surface area contributed by atoms with Crippen LogP contribution in [0.15, 0.2) is 53.2 Å². The van der Waals surface area contributed by atoms with Gasteiger partial charge in [-0.3, -0.25) is 9.59 Å². The largest absolute Gasteiger partial charge is 0.451 e. The van der Waals surface area contributed by atoms with E-state index >= 15 is 0 Å². The van der Waals surface area contributed by atoms with Crippen LogP contribution >= 0.6 is 0 Å². The average molecular weight is 390 g/mol. The Morgan fingerprint density at radius 2 is 1.97 bits per heavy atom. The van der Waals surface area contributed by atoms with Crippen LogP contribution < -0.4 is 0 Å². The maximum Gasteiger partial charge on any atom is 0.289 e. The molecule has 1 aromatic carbocycles. The Hall–Kier alpha value is -3.48. The van der Waals surface area contributed by atoms with Crippen molar-refractivity contribution in [2.45, 2.75) is 12.8 Å². The van der Waals surface area contributed by atoms with E-state index in [1.54, 1.807) is 38.6 Å². The van der Waals surface area contributed by atoms with E-state index in [9.17, 15) is 9.59 Å². The highest BCUT2D eigenvalue weighted by Gasteiger charge is 2.21. The first kappa shape index (κ1) is 18.9. The molecule has 0 bridgehead atoms. The smallest absolute Gasteiger partial charge is 0.289 e. The predicted octanol–water partition coefficient (Wildman–Crippen LogP) is 2.78. The van der Waals surface area contributed by atoms with Crippen molar-refractivity contribution >= 4 is 28.4 Å². The Morgan fingerprint density at radius 1 is 1.17 bits per heavy atom. The number of hydrogen-bond donors (Lipinski definition) is 0. The van der Waals surface area contributed by atoms with E-state index in [4.69, 9.17) is 4.42 Å². The highest BCUT2D eigenvalue weighted by Crippen LogP contribution is 2.27. The van der Waals surface area contributed by atoms with Gasteiger partial charge in [0.15, 0.2) is 5.76 Å². The molecule has 0 atom stereocenters. The van der Waals surface area contributed by atoms with Crippen molar-refractivity contribution in [2.75, 3.05) is 27.2 Å². The van der Waals surface area contributed by atoms with Gasteiger partial charge in [0.1, 0.15) is 11.4 Å². The molecular weight excluding hydrogens is 368 g/mol. The number of furan rings is 1. The van der Waals surface area contributed by atoms with E-state index in [2.05, 4.69) is 16.0 Å². The quantitative estimate of drug-likeness (QED) is 0.684. The Labute approximate surface area is 168 Å². The van der Waals surface area contributed by atoms with Crippen LogP contribution in [0.3, 0.4) is 0 Å². The molecular formula is C22H22N4O3. The molecule has 1 aliphatic heterocycles. The first-order valence-electron chi connectivity index (χ1n) is 9.49. The molecule has 0 fully saturated rings. The summed E-state index contributed by atoms with van der Waals surface area (Å²) in [5, 5.41) is 0.870. The summed E-state index contributed by atoms with van der Waals surface area (Å²) in [6, 6.07) is 9.34. The minimum absolute atomic E-state index is 0.0186. The lowest BCUT2D eigenvalue weighted by molar-refractivity contribution is -0.130. The summed E-state index contributed by atoms with van der Waals surface area (Å²) in [5.41, 5.74) is 2.78. The zero-order chi connectivity index (χ0) is 20.4. The van der Waals surface area contributed by atoms with Crippen LogP contribution in [-0.4, -0.2) is 58.8 Å². The SMILES string of the molecule is CN(C)C(=O)c1cc2cc(C3=CCCN(C(=O)Cc4ncccn4)C3)ccc2o1. The highest BCUT2D eigenvalue weighted by atomic mass is 16.3. The topological polar surface area (TPSA) is 79.5 Å². The summed E-state index contributed by atoms with van der Waals surface area (Å²) >= 11 is 0. The Morgan fingerprint density at radius 3 is 2.72 bits per heavy atom. The summed E-state index contributed by atoms with van der Waals surface area (Å²) in [6.07, 6.45) is 6.45. The van der Waals surface area contributed by atoms with Gasteiger partial charge < -0.3 is 14.2 Å². The van der Waals surface area contributed by atoms with Crippen LogP contribution in [-0.2, 0) is 11.2 Å². The second-order valence-corrected chi connectivity index (χ2v) is 7.24. The average Bonchev–Trinajstić information content (AvgIpc) is 3.17. The molecule has 0 spiro atoms. The van der Waals surface area contributed by atoms with Gasteiger partial charge in [-0.1, -0.05) is 12.1 Å². The van der Waals surface area contributed by atoms with Crippen molar-refractivity contribution in [3.05, 3.63) is 65.9 Å². The lowest BCUT2D eigenvalue weighted by atomic mass is 9.99. The number of amides is 2. The third kappa shape index (κ3) is 4.03. The molecule has 29 heavy (non-hydrogen) atoms. The van der Waals surface area contributed by atoms with Crippen molar-refractivity contribution in [1.29, 1.82) is 0 Å². The molecule has 0 N–H and O–H groups in total. The summed E-state index contributed by atoms with van der Waals surface area (Å²) in [7, 11) is 3.39. The molecule has 0 radical (unpaired) electrons. The lowest BCUT2D eigenvalue weighted by Gasteiger charge is -2.27. The molecule has 2 amide bonds. The number of nitrogens with zero attached hydrogens (tertiary/aromatic N) is 4. The minimum Gasteiger partial charge on any atom is -0.451 e. The lowest BCUT2D eigenvalue weighted by Crippen LogP contribution is -2.36. The molecule has 0 saturated carbocycles. The Bertz CT molecular complexity index is 1090. The van der Waals surface area contributed by atoms with E-state index in [0.29, 0.717) is 30.3 Å². The van der Waals surface area contributed by atoms with E-state index in [1.807, 2.05) is 23.1 Å². The third-order valence-corrected chi connectivity index (χ3v) is 4.94. The fourth-order valence-corrected chi connectivity index (χ4v) is 3.40. The van der Waals surface area contributed by atoms with Crippen molar-refractivity contribution in [2.24, 2.45) is 0 Å². The zero-order valence-electron chi connectivity index (χ0n) is 16.5. The molecule has 7 heteroatoms. The molecule has 2 aromatic heterocycles. The molecule has 0 aliphatic carbocycles. The summed E-state index contributed by atoms with van der Waals surface area (Å²) < 4.78 is 5.67. The molecule has 4 rings (SSSR count). The van der Waals surface area contributed by atoms with Gasteiger partial charge >= 0.3 is 0 Å². The van der Waals surface area contributed by atoms with Crippen molar-refractivity contribution in [3.63, 3.8) is 0 Å². The minimum atomic E-state index is -0.167. The highest BCUT2D eigenvalue weighted by molar-refractivity contribution is 5.96. The summed E-state index contributed by atoms with van der Waals surface area (Å²) in [6.45, 7) is 1.23. The van der Waals surface area contributed by atoms with Crippen molar-refractivity contribution in [3.8, 4) is 0 Å². The maximum absolute atomic E-state index is 12.7. The monoisotopic (exact) mass is 390 g/mol. The number of rotatable bonds is 4.